The van der Waals surface area contributed by atoms with E-state index in [0.29, 0.717) is 0 Å². The minimum Gasteiger partial charge on any atom is -0.327 e. The minimum absolute atomic E-state index is 0.701. The third kappa shape index (κ3) is 0.905. The molecule has 0 aromatic carbocycles. The van der Waals surface area contributed by atoms with Gasteiger partial charge < -0.3 is 5.73 Å². The fourth-order valence-corrected chi connectivity index (χ4v) is 1.30. The smallest absolute Gasteiger partial charge is 0.327 e. The predicted molar refractivity (Wildman–Crippen MR) is 31.3 cm³/mol. The van der Waals surface area contributed by atoms with Crippen molar-refractivity contribution >= 4 is 0 Å². The molecule has 60 valence electrons. The van der Waals surface area contributed by atoms with Crippen LogP contribution in [0.5, 0.6) is 0 Å². The fraction of sp³-hybridized carbons (Fsp3) is 1.00. The summed E-state index contributed by atoms with van der Waals surface area (Å²) in [4.78, 5) is 0. The number of rotatable bonds is 0. The van der Waals surface area contributed by atoms with Crippen molar-refractivity contribution < 1.29 is 13.2 Å². The van der Waals surface area contributed by atoms with Crippen LogP contribution in [-0.4, -0.2) is 12.2 Å². The SMILES string of the molecule is CC1(C)[C@H](N)[C@H]1C(F)(F)F. The van der Waals surface area contributed by atoms with E-state index < -0.39 is 23.6 Å². The molecule has 1 aliphatic rings. The molecule has 1 nitrogen and oxygen atoms in total. The van der Waals surface area contributed by atoms with Crippen molar-refractivity contribution in [1.82, 2.24) is 0 Å². The molecule has 0 amide bonds. The maximum absolute atomic E-state index is 11.9. The molecule has 0 aromatic rings. The summed E-state index contributed by atoms with van der Waals surface area (Å²) in [6, 6.07) is -0.701. The summed E-state index contributed by atoms with van der Waals surface area (Å²) in [5.74, 6) is -1.29. The lowest BCUT2D eigenvalue weighted by atomic mass is 10.1. The zero-order valence-electron chi connectivity index (χ0n) is 5.87. The highest BCUT2D eigenvalue weighted by molar-refractivity contribution is 5.11. The first-order valence-corrected chi connectivity index (χ1v) is 3.10. The summed E-state index contributed by atoms with van der Waals surface area (Å²) in [7, 11) is 0. The molecule has 0 aliphatic heterocycles. The van der Waals surface area contributed by atoms with Gasteiger partial charge in [-0.25, -0.2) is 0 Å². The Balaban J connectivity index is 2.66. The number of nitrogens with two attached hydrogens (primary N) is 1. The standard InChI is InChI=1S/C6H10F3N/c1-5(2)3(4(5)10)6(7,8)9/h3-4H,10H2,1-2H3/t3-,4-/m1/s1. The van der Waals surface area contributed by atoms with Crippen LogP contribution in [0.1, 0.15) is 13.8 Å². The van der Waals surface area contributed by atoms with E-state index in [2.05, 4.69) is 0 Å². The van der Waals surface area contributed by atoms with Crippen LogP contribution in [0.4, 0.5) is 13.2 Å². The highest BCUT2D eigenvalue weighted by atomic mass is 19.4. The van der Waals surface area contributed by atoms with Crippen molar-refractivity contribution in [2.75, 3.05) is 0 Å². The minimum atomic E-state index is -4.11. The van der Waals surface area contributed by atoms with Gasteiger partial charge in [0.25, 0.3) is 0 Å². The Hall–Kier alpha value is -0.250. The van der Waals surface area contributed by atoms with E-state index in [-0.39, 0.29) is 0 Å². The van der Waals surface area contributed by atoms with Gasteiger partial charge in [-0.1, -0.05) is 13.8 Å². The van der Waals surface area contributed by atoms with Crippen molar-refractivity contribution in [1.29, 1.82) is 0 Å². The maximum atomic E-state index is 11.9. The van der Waals surface area contributed by atoms with Gasteiger partial charge in [0.05, 0.1) is 5.92 Å². The van der Waals surface area contributed by atoms with Crippen molar-refractivity contribution in [2.45, 2.75) is 26.1 Å². The summed E-state index contributed by atoms with van der Waals surface area (Å²) in [6.45, 7) is 3.08. The first-order chi connectivity index (χ1) is 4.28. The normalized spacial score (nSPS) is 37.8. The quantitative estimate of drug-likeness (QED) is 0.561. The predicted octanol–water partition coefficient (Wildman–Crippen LogP) is 1.53. The number of halogens is 3. The molecule has 0 spiro atoms. The lowest BCUT2D eigenvalue weighted by Crippen LogP contribution is -2.17. The van der Waals surface area contributed by atoms with E-state index >= 15 is 0 Å². The molecule has 2 atom stereocenters. The van der Waals surface area contributed by atoms with Crippen LogP contribution in [0.15, 0.2) is 0 Å². The monoisotopic (exact) mass is 153 g/mol. The third-order valence-electron chi connectivity index (χ3n) is 2.26. The van der Waals surface area contributed by atoms with Crippen LogP contribution in [0.25, 0.3) is 0 Å². The second-order valence-electron chi connectivity index (χ2n) is 3.37. The van der Waals surface area contributed by atoms with Crippen LogP contribution < -0.4 is 5.73 Å². The lowest BCUT2D eigenvalue weighted by Gasteiger charge is -2.05. The Bertz CT molecular complexity index is 139. The van der Waals surface area contributed by atoms with Gasteiger partial charge in [0.1, 0.15) is 0 Å². The molecule has 10 heavy (non-hydrogen) atoms. The highest BCUT2D eigenvalue weighted by Crippen LogP contribution is 2.58. The maximum Gasteiger partial charge on any atom is 0.393 e. The molecular formula is C6H10F3N. The summed E-state index contributed by atoms with van der Waals surface area (Å²) in [5, 5.41) is 0. The second kappa shape index (κ2) is 1.67. The number of alkyl halides is 3. The average molecular weight is 153 g/mol. The Morgan fingerprint density at radius 3 is 1.60 bits per heavy atom. The highest BCUT2D eigenvalue weighted by Gasteiger charge is 2.68. The Labute approximate surface area is 57.4 Å². The number of hydrogen-bond acceptors (Lipinski definition) is 1. The second-order valence-corrected chi connectivity index (χ2v) is 3.37. The fourth-order valence-electron chi connectivity index (χ4n) is 1.30. The zero-order chi connectivity index (χ0) is 8.15. The molecule has 1 rings (SSSR count). The van der Waals surface area contributed by atoms with Gasteiger partial charge in [0, 0.05) is 6.04 Å². The van der Waals surface area contributed by atoms with Crippen molar-refractivity contribution in [3.8, 4) is 0 Å². The summed E-state index contributed by atoms with van der Waals surface area (Å²) < 4.78 is 35.7. The van der Waals surface area contributed by atoms with Crippen molar-refractivity contribution in [2.24, 2.45) is 17.1 Å². The molecule has 0 aromatic heterocycles. The van der Waals surface area contributed by atoms with Crippen molar-refractivity contribution in [3.63, 3.8) is 0 Å². The van der Waals surface area contributed by atoms with Gasteiger partial charge in [-0.15, -0.1) is 0 Å². The van der Waals surface area contributed by atoms with E-state index in [1.54, 1.807) is 0 Å². The Morgan fingerprint density at radius 2 is 1.60 bits per heavy atom. The molecule has 0 unspecified atom stereocenters. The molecule has 0 bridgehead atoms. The van der Waals surface area contributed by atoms with E-state index in [9.17, 15) is 13.2 Å². The van der Waals surface area contributed by atoms with Gasteiger partial charge >= 0.3 is 6.18 Å². The molecule has 1 aliphatic carbocycles. The van der Waals surface area contributed by atoms with Crippen molar-refractivity contribution in [3.05, 3.63) is 0 Å². The van der Waals surface area contributed by atoms with Gasteiger partial charge in [0.15, 0.2) is 0 Å². The molecule has 4 heteroatoms. The first kappa shape index (κ1) is 7.85. The van der Waals surface area contributed by atoms with Gasteiger partial charge in [0.2, 0.25) is 0 Å². The van der Waals surface area contributed by atoms with Crippen LogP contribution in [-0.2, 0) is 0 Å². The molecule has 0 saturated heterocycles. The molecule has 1 saturated carbocycles. The Morgan fingerprint density at radius 1 is 1.30 bits per heavy atom. The van der Waals surface area contributed by atoms with E-state index in [4.69, 9.17) is 5.73 Å². The summed E-state index contributed by atoms with van der Waals surface area (Å²) in [5.41, 5.74) is 4.47. The van der Waals surface area contributed by atoms with Crippen LogP contribution in [0.2, 0.25) is 0 Å². The number of hydrogen-bond donors (Lipinski definition) is 1. The van der Waals surface area contributed by atoms with E-state index in [0.717, 1.165) is 0 Å². The summed E-state index contributed by atoms with van der Waals surface area (Å²) >= 11 is 0. The largest absolute Gasteiger partial charge is 0.393 e. The first-order valence-electron chi connectivity index (χ1n) is 3.10. The van der Waals surface area contributed by atoms with Gasteiger partial charge in [-0.3, -0.25) is 0 Å². The average Bonchev–Trinajstić information content (AvgIpc) is 2.03. The molecular weight excluding hydrogens is 143 g/mol. The summed E-state index contributed by atoms with van der Waals surface area (Å²) in [6.07, 6.45) is -4.11. The van der Waals surface area contributed by atoms with Gasteiger partial charge in [-0.2, -0.15) is 13.2 Å². The topological polar surface area (TPSA) is 26.0 Å². The molecule has 0 radical (unpaired) electrons. The molecule has 2 N–H and O–H groups in total. The lowest BCUT2D eigenvalue weighted by molar-refractivity contribution is -0.155. The van der Waals surface area contributed by atoms with Crippen LogP contribution in [0.3, 0.4) is 0 Å². The molecule has 1 fully saturated rings. The third-order valence-corrected chi connectivity index (χ3v) is 2.26. The zero-order valence-corrected chi connectivity index (χ0v) is 5.87. The van der Waals surface area contributed by atoms with E-state index in [1.165, 1.54) is 13.8 Å². The van der Waals surface area contributed by atoms with Crippen LogP contribution in [0, 0.1) is 11.3 Å². The Kier molecular flexibility index (Phi) is 1.31. The van der Waals surface area contributed by atoms with E-state index in [1.807, 2.05) is 0 Å². The van der Waals surface area contributed by atoms with Gasteiger partial charge in [-0.05, 0) is 5.41 Å². The van der Waals surface area contributed by atoms with Crippen LogP contribution >= 0.6 is 0 Å². The molecule has 0 heterocycles.